The zero-order valence-electron chi connectivity index (χ0n) is 19.1. The summed E-state index contributed by atoms with van der Waals surface area (Å²) >= 11 is 0. The van der Waals surface area contributed by atoms with Crippen molar-refractivity contribution in [3.05, 3.63) is 100 Å². The summed E-state index contributed by atoms with van der Waals surface area (Å²) in [7, 11) is 0. The number of para-hydroxylation sites is 1. The highest BCUT2D eigenvalue weighted by Gasteiger charge is 2.50. The summed E-state index contributed by atoms with van der Waals surface area (Å²) in [6.07, 6.45) is -0.284. The number of aliphatic hydroxyl groups is 1. The molecule has 1 aliphatic heterocycles. The molecule has 164 valence electrons. The number of nitrogens with zero attached hydrogens (tertiary/aromatic N) is 1. The number of hydrogen-bond acceptors (Lipinski definition) is 3. The lowest BCUT2D eigenvalue weighted by molar-refractivity contribution is -0.136. The molecule has 0 spiro atoms. The maximum atomic E-state index is 13.6. The molecule has 0 saturated carbocycles. The maximum Gasteiger partial charge on any atom is 0.264 e. The van der Waals surface area contributed by atoms with Crippen molar-refractivity contribution < 1.29 is 14.7 Å². The van der Waals surface area contributed by atoms with Crippen molar-refractivity contribution in [1.29, 1.82) is 0 Å². The van der Waals surface area contributed by atoms with Crippen LogP contribution in [0.15, 0.2) is 66.7 Å². The van der Waals surface area contributed by atoms with Gasteiger partial charge in [0, 0.05) is 11.1 Å². The zero-order valence-corrected chi connectivity index (χ0v) is 19.1. The molecule has 1 heterocycles. The van der Waals surface area contributed by atoms with Crippen molar-refractivity contribution in [2.75, 3.05) is 4.90 Å². The van der Waals surface area contributed by atoms with Crippen molar-refractivity contribution in [3.8, 4) is 0 Å². The van der Waals surface area contributed by atoms with Gasteiger partial charge in [-0.15, -0.1) is 0 Å². The Bertz CT molecular complexity index is 1180. The van der Waals surface area contributed by atoms with Gasteiger partial charge in [0.25, 0.3) is 5.91 Å². The second-order valence-electron chi connectivity index (χ2n) is 9.08. The van der Waals surface area contributed by atoms with Gasteiger partial charge in [-0.3, -0.25) is 9.59 Å². The summed E-state index contributed by atoms with van der Waals surface area (Å²) < 4.78 is 0. The van der Waals surface area contributed by atoms with Crippen LogP contribution in [0.3, 0.4) is 0 Å². The molecule has 3 aromatic carbocycles. The van der Waals surface area contributed by atoms with E-state index in [1.165, 1.54) is 5.56 Å². The van der Waals surface area contributed by atoms with Crippen molar-refractivity contribution >= 4 is 17.4 Å². The van der Waals surface area contributed by atoms with E-state index >= 15 is 0 Å². The van der Waals surface area contributed by atoms with Crippen molar-refractivity contribution in [2.24, 2.45) is 0 Å². The van der Waals surface area contributed by atoms with Gasteiger partial charge in [-0.05, 0) is 42.5 Å². The van der Waals surface area contributed by atoms with Crippen LogP contribution in [0.4, 0.5) is 5.69 Å². The smallest absolute Gasteiger partial charge is 0.264 e. The summed E-state index contributed by atoms with van der Waals surface area (Å²) in [5, 5.41) is 11.5. The highest BCUT2D eigenvalue weighted by Crippen LogP contribution is 2.43. The highest BCUT2D eigenvalue weighted by atomic mass is 16.3. The van der Waals surface area contributed by atoms with Gasteiger partial charge in [-0.1, -0.05) is 80.1 Å². The lowest BCUT2D eigenvalue weighted by atomic mass is 9.88. The fourth-order valence-electron chi connectivity index (χ4n) is 4.30. The van der Waals surface area contributed by atoms with Gasteiger partial charge in [-0.2, -0.15) is 0 Å². The van der Waals surface area contributed by atoms with E-state index in [1.54, 1.807) is 29.2 Å². The van der Waals surface area contributed by atoms with Crippen molar-refractivity contribution in [2.45, 2.75) is 52.2 Å². The molecule has 1 unspecified atom stereocenters. The first kappa shape index (κ1) is 22.0. The number of rotatable bonds is 6. The third-order valence-corrected chi connectivity index (χ3v) is 6.40. The minimum absolute atomic E-state index is 0.254. The van der Waals surface area contributed by atoms with E-state index < -0.39 is 11.5 Å². The SMILES string of the molecule is Cc1ccc(C(=O)CC2(O)C(=O)N(Cc3cc(C(C)C)ccc3C)c3ccccc32)cc1. The summed E-state index contributed by atoms with van der Waals surface area (Å²) in [6.45, 7) is 8.61. The largest absolute Gasteiger partial charge is 0.375 e. The monoisotopic (exact) mass is 427 g/mol. The molecule has 0 radical (unpaired) electrons. The van der Waals surface area contributed by atoms with E-state index in [4.69, 9.17) is 0 Å². The second-order valence-corrected chi connectivity index (χ2v) is 9.08. The van der Waals surface area contributed by atoms with Crippen LogP contribution in [-0.2, 0) is 16.9 Å². The van der Waals surface area contributed by atoms with E-state index in [0.717, 1.165) is 16.7 Å². The summed E-state index contributed by atoms with van der Waals surface area (Å²) in [4.78, 5) is 28.2. The molecule has 1 aliphatic rings. The van der Waals surface area contributed by atoms with Crippen LogP contribution in [0.1, 0.15) is 64.4 Å². The van der Waals surface area contributed by atoms with Gasteiger partial charge in [0.1, 0.15) is 0 Å². The molecule has 3 aromatic rings. The Morgan fingerprint density at radius 1 is 1.00 bits per heavy atom. The molecule has 4 heteroatoms. The predicted molar refractivity (Wildman–Crippen MR) is 127 cm³/mol. The minimum Gasteiger partial charge on any atom is -0.375 e. The normalized spacial score (nSPS) is 17.7. The molecule has 0 saturated heterocycles. The minimum atomic E-state index is -1.87. The van der Waals surface area contributed by atoms with E-state index in [1.807, 2.05) is 38.1 Å². The Morgan fingerprint density at radius 3 is 2.38 bits per heavy atom. The quantitative estimate of drug-likeness (QED) is 0.533. The topological polar surface area (TPSA) is 57.6 Å². The summed E-state index contributed by atoms with van der Waals surface area (Å²) in [5.41, 5.74) is 4.15. The zero-order chi connectivity index (χ0) is 23.0. The number of anilines is 1. The van der Waals surface area contributed by atoms with Crippen LogP contribution < -0.4 is 4.90 Å². The van der Waals surface area contributed by atoms with Crippen LogP contribution in [0.5, 0.6) is 0 Å². The Labute approximate surface area is 189 Å². The molecule has 0 fully saturated rings. The van der Waals surface area contributed by atoms with Gasteiger partial charge < -0.3 is 10.0 Å². The van der Waals surface area contributed by atoms with Crippen LogP contribution in [0.2, 0.25) is 0 Å². The number of fused-ring (bicyclic) bond motifs is 1. The second kappa shape index (κ2) is 8.36. The molecule has 1 atom stereocenters. The van der Waals surface area contributed by atoms with E-state index in [9.17, 15) is 14.7 Å². The predicted octanol–water partition coefficient (Wildman–Crippen LogP) is 5.43. The average Bonchev–Trinajstić information content (AvgIpc) is 2.97. The summed E-state index contributed by atoms with van der Waals surface area (Å²) in [6, 6.07) is 20.7. The first-order valence-corrected chi connectivity index (χ1v) is 11.0. The van der Waals surface area contributed by atoms with Crippen LogP contribution in [-0.4, -0.2) is 16.8 Å². The number of carbonyl (C=O) groups is 2. The maximum absolute atomic E-state index is 13.6. The standard InChI is InChI=1S/C28H29NO3/c1-18(2)22-14-11-20(4)23(15-22)17-29-25-8-6-5-7-24(25)28(32,27(29)31)16-26(30)21-12-9-19(3)10-13-21/h5-15,18,32H,16-17H2,1-4H3. The average molecular weight is 428 g/mol. The first-order chi connectivity index (χ1) is 15.2. The fraction of sp³-hybridized carbons (Fsp3) is 0.286. The number of benzene rings is 3. The number of aryl methyl sites for hydroxylation is 2. The molecular weight excluding hydrogens is 398 g/mol. The molecule has 0 aromatic heterocycles. The Kier molecular flexibility index (Phi) is 5.74. The lowest BCUT2D eigenvalue weighted by Gasteiger charge is -2.24. The Balaban J connectivity index is 1.69. The van der Waals surface area contributed by atoms with Gasteiger partial charge in [0.15, 0.2) is 11.4 Å². The molecule has 1 amide bonds. The Hall–Kier alpha value is -3.24. The van der Waals surface area contributed by atoms with Crippen molar-refractivity contribution in [3.63, 3.8) is 0 Å². The van der Waals surface area contributed by atoms with E-state index in [0.29, 0.717) is 29.3 Å². The van der Waals surface area contributed by atoms with Gasteiger partial charge in [-0.25, -0.2) is 0 Å². The first-order valence-electron chi connectivity index (χ1n) is 11.0. The highest BCUT2D eigenvalue weighted by molar-refractivity contribution is 6.10. The number of ketones is 1. The summed E-state index contributed by atoms with van der Waals surface area (Å²) in [5.74, 6) is -0.330. The molecule has 4 rings (SSSR count). The van der Waals surface area contributed by atoms with Gasteiger partial charge in [0.2, 0.25) is 0 Å². The molecular formula is C28H29NO3. The van der Waals surface area contributed by atoms with Crippen molar-refractivity contribution in [1.82, 2.24) is 0 Å². The molecule has 1 N–H and O–H groups in total. The molecule has 32 heavy (non-hydrogen) atoms. The number of amides is 1. The van der Waals surface area contributed by atoms with E-state index in [-0.39, 0.29) is 12.2 Å². The third-order valence-electron chi connectivity index (χ3n) is 6.40. The number of hydrogen-bond donors (Lipinski definition) is 1. The fourth-order valence-corrected chi connectivity index (χ4v) is 4.30. The molecule has 0 bridgehead atoms. The van der Waals surface area contributed by atoms with Crippen LogP contribution in [0, 0.1) is 13.8 Å². The van der Waals surface area contributed by atoms with Gasteiger partial charge in [0.05, 0.1) is 18.7 Å². The van der Waals surface area contributed by atoms with Gasteiger partial charge >= 0.3 is 0 Å². The van der Waals surface area contributed by atoms with Crippen LogP contribution in [0.25, 0.3) is 0 Å². The molecule has 0 aliphatic carbocycles. The number of Topliss-reactive ketones (excluding diaryl/α,β-unsaturated/α-hetero) is 1. The molecule has 4 nitrogen and oxygen atoms in total. The van der Waals surface area contributed by atoms with E-state index in [2.05, 4.69) is 32.0 Å². The van der Waals surface area contributed by atoms with Crippen LogP contribution >= 0.6 is 0 Å². The third kappa shape index (κ3) is 3.87. The Morgan fingerprint density at radius 2 is 1.69 bits per heavy atom. The number of carbonyl (C=O) groups excluding carboxylic acids is 2. The lowest BCUT2D eigenvalue weighted by Crippen LogP contribution is -2.41.